The molecule has 1 fully saturated rings. The van der Waals surface area contributed by atoms with Gasteiger partial charge in [-0.1, -0.05) is 20.8 Å². The summed E-state index contributed by atoms with van der Waals surface area (Å²) >= 11 is 0. The van der Waals surface area contributed by atoms with Crippen molar-refractivity contribution in [3.63, 3.8) is 0 Å². The fraction of sp³-hybridized carbons (Fsp3) is 1.00. The lowest BCUT2D eigenvalue weighted by Crippen LogP contribution is -2.38. The molecular weight excluding hydrogens is 200 g/mol. The maximum absolute atomic E-state index is 10.4. The zero-order chi connectivity index (χ0) is 12.1. The predicted octanol–water partition coefficient (Wildman–Crippen LogP) is 3.23. The molecule has 0 aliphatic heterocycles. The second-order valence-electron chi connectivity index (χ2n) is 5.57. The van der Waals surface area contributed by atoms with Gasteiger partial charge in [0.15, 0.2) is 0 Å². The number of ether oxygens (including phenoxy) is 1. The molecule has 4 unspecified atom stereocenters. The molecule has 0 aromatic heterocycles. The van der Waals surface area contributed by atoms with Crippen LogP contribution in [0.1, 0.15) is 53.4 Å². The molecule has 0 heterocycles. The summed E-state index contributed by atoms with van der Waals surface area (Å²) in [5.41, 5.74) is 0. The molecule has 1 aliphatic carbocycles. The largest absolute Gasteiger partial charge is 0.390 e. The number of aliphatic hydroxyl groups excluding tert-OH is 1. The molecule has 0 saturated heterocycles. The van der Waals surface area contributed by atoms with Crippen molar-refractivity contribution in [1.29, 1.82) is 0 Å². The highest BCUT2D eigenvalue weighted by molar-refractivity contribution is 4.83. The Labute approximate surface area is 100 Å². The second kappa shape index (κ2) is 6.61. The van der Waals surface area contributed by atoms with Gasteiger partial charge in [0.05, 0.1) is 12.2 Å². The first-order valence-electron chi connectivity index (χ1n) is 6.88. The van der Waals surface area contributed by atoms with Crippen molar-refractivity contribution >= 4 is 0 Å². The summed E-state index contributed by atoms with van der Waals surface area (Å²) in [6.45, 7) is 9.40. The Bertz CT molecular complexity index is 183. The number of hydrogen-bond acceptors (Lipinski definition) is 2. The molecule has 1 rings (SSSR count). The third kappa shape index (κ3) is 3.74. The zero-order valence-electron chi connectivity index (χ0n) is 11.3. The smallest absolute Gasteiger partial charge is 0.0833 e. The van der Waals surface area contributed by atoms with Gasteiger partial charge in [-0.3, -0.25) is 0 Å². The van der Waals surface area contributed by atoms with Crippen molar-refractivity contribution in [3.8, 4) is 0 Å². The van der Waals surface area contributed by atoms with Gasteiger partial charge in [0.25, 0.3) is 0 Å². The highest BCUT2D eigenvalue weighted by Crippen LogP contribution is 2.36. The van der Waals surface area contributed by atoms with Crippen LogP contribution < -0.4 is 0 Å². The van der Waals surface area contributed by atoms with Crippen LogP contribution in [0.25, 0.3) is 0 Å². The van der Waals surface area contributed by atoms with Gasteiger partial charge in [-0.05, 0) is 50.4 Å². The third-order valence-corrected chi connectivity index (χ3v) is 3.86. The Hall–Kier alpha value is -0.0800. The standard InChI is InChI=1S/C14H28O2/c1-5-13(16-6-2)14(15)12-8-10(3)7-11(4)9-12/h10-15H,5-9H2,1-4H3. The van der Waals surface area contributed by atoms with E-state index in [1.165, 1.54) is 6.42 Å². The van der Waals surface area contributed by atoms with E-state index in [1.807, 2.05) is 6.92 Å². The Balaban J connectivity index is 2.53. The Morgan fingerprint density at radius 1 is 1.12 bits per heavy atom. The van der Waals surface area contributed by atoms with E-state index in [4.69, 9.17) is 4.74 Å². The van der Waals surface area contributed by atoms with Crippen LogP contribution in [-0.4, -0.2) is 23.9 Å². The summed E-state index contributed by atoms with van der Waals surface area (Å²) in [4.78, 5) is 0. The van der Waals surface area contributed by atoms with E-state index < -0.39 is 0 Å². The summed E-state index contributed by atoms with van der Waals surface area (Å²) in [6, 6.07) is 0. The fourth-order valence-corrected chi connectivity index (χ4v) is 3.26. The van der Waals surface area contributed by atoms with E-state index in [1.54, 1.807) is 0 Å². The summed E-state index contributed by atoms with van der Waals surface area (Å²) in [5, 5.41) is 10.4. The van der Waals surface area contributed by atoms with E-state index in [2.05, 4.69) is 20.8 Å². The first-order valence-corrected chi connectivity index (χ1v) is 6.88. The van der Waals surface area contributed by atoms with Crippen molar-refractivity contribution in [2.45, 2.75) is 65.6 Å². The highest BCUT2D eigenvalue weighted by Gasteiger charge is 2.32. The molecule has 0 aromatic carbocycles. The van der Waals surface area contributed by atoms with Crippen LogP contribution >= 0.6 is 0 Å². The first-order chi connectivity index (χ1) is 7.58. The molecule has 0 spiro atoms. The topological polar surface area (TPSA) is 29.5 Å². The van der Waals surface area contributed by atoms with E-state index in [0.29, 0.717) is 12.5 Å². The van der Waals surface area contributed by atoms with Crippen LogP contribution in [-0.2, 0) is 4.74 Å². The number of hydrogen-bond donors (Lipinski definition) is 1. The fourth-order valence-electron chi connectivity index (χ4n) is 3.26. The lowest BCUT2D eigenvalue weighted by Gasteiger charge is -2.37. The highest BCUT2D eigenvalue weighted by atomic mass is 16.5. The molecule has 4 atom stereocenters. The number of rotatable bonds is 5. The van der Waals surface area contributed by atoms with Crippen molar-refractivity contribution < 1.29 is 9.84 Å². The average Bonchev–Trinajstić information content (AvgIpc) is 2.23. The van der Waals surface area contributed by atoms with Gasteiger partial charge in [0.2, 0.25) is 0 Å². The van der Waals surface area contributed by atoms with Crippen molar-refractivity contribution in [2.24, 2.45) is 17.8 Å². The van der Waals surface area contributed by atoms with Crippen LogP contribution in [0.4, 0.5) is 0 Å². The van der Waals surface area contributed by atoms with Gasteiger partial charge in [-0.25, -0.2) is 0 Å². The molecule has 0 bridgehead atoms. The van der Waals surface area contributed by atoms with Crippen molar-refractivity contribution in [2.75, 3.05) is 6.61 Å². The maximum Gasteiger partial charge on any atom is 0.0833 e. The van der Waals surface area contributed by atoms with Gasteiger partial charge in [-0.2, -0.15) is 0 Å². The minimum absolute atomic E-state index is 0.0347. The van der Waals surface area contributed by atoms with Crippen molar-refractivity contribution in [3.05, 3.63) is 0 Å². The molecular formula is C14H28O2. The quantitative estimate of drug-likeness (QED) is 0.783. The maximum atomic E-state index is 10.4. The molecule has 16 heavy (non-hydrogen) atoms. The lowest BCUT2D eigenvalue weighted by molar-refractivity contribution is -0.0734. The van der Waals surface area contributed by atoms with Crippen LogP contribution in [0, 0.1) is 17.8 Å². The molecule has 96 valence electrons. The van der Waals surface area contributed by atoms with Gasteiger partial charge < -0.3 is 9.84 Å². The zero-order valence-corrected chi connectivity index (χ0v) is 11.3. The summed E-state index contributed by atoms with van der Waals surface area (Å²) in [6.07, 6.45) is 4.32. The van der Waals surface area contributed by atoms with Crippen LogP contribution in [0.3, 0.4) is 0 Å². The Kier molecular flexibility index (Phi) is 5.77. The van der Waals surface area contributed by atoms with Crippen LogP contribution in [0.5, 0.6) is 0 Å². The number of aliphatic hydroxyl groups is 1. The Morgan fingerprint density at radius 3 is 2.12 bits per heavy atom. The summed E-state index contributed by atoms with van der Waals surface area (Å²) < 4.78 is 5.63. The summed E-state index contributed by atoms with van der Waals surface area (Å²) in [7, 11) is 0. The summed E-state index contributed by atoms with van der Waals surface area (Å²) in [5.74, 6) is 1.94. The molecule has 1 saturated carbocycles. The van der Waals surface area contributed by atoms with Gasteiger partial charge in [0.1, 0.15) is 0 Å². The molecule has 1 N–H and O–H groups in total. The lowest BCUT2D eigenvalue weighted by atomic mass is 9.73. The Morgan fingerprint density at radius 2 is 1.69 bits per heavy atom. The van der Waals surface area contributed by atoms with Crippen LogP contribution in [0.15, 0.2) is 0 Å². The minimum Gasteiger partial charge on any atom is -0.390 e. The predicted molar refractivity (Wildman–Crippen MR) is 67.4 cm³/mol. The average molecular weight is 228 g/mol. The van der Waals surface area contributed by atoms with E-state index >= 15 is 0 Å². The third-order valence-electron chi connectivity index (χ3n) is 3.86. The molecule has 1 aliphatic rings. The second-order valence-corrected chi connectivity index (χ2v) is 5.57. The molecule has 2 nitrogen and oxygen atoms in total. The molecule has 0 radical (unpaired) electrons. The first kappa shape index (κ1) is 14.0. The minimum atomic E-state index is -0.268. The van der Waals surface area contributed by atoms with E-state index in [9.17, 15) is 5.11 Å². The van der Waals surface area contributed by atoms with Gasteiger partial charge >= 0.3 is 0 Å². The van der Waals surface area contributed by atoms with E-state index in [0.717, 1.165) is 31.1 Å². The molecule has 0 amide bonds. The van der Waals surface area contributed by atoms with Crippen LogP contribution in [0.2, 0.25) is 0 Å². The molecule has 2 heteroatoms. The molecule has 0 aromatic rings. The normalized spacial score (nSPS) is 34.7. The SMILES string of the molecule is CCOC(CC)C(O)C1CC(C)CC(C)C1. The van der Waals surface area contributed by atoms with Gasteiger partial charge in [0, 0.05) is 6.61 Å². The van der Waals surface area contributed by atoms with Gasteiger partial charge in [-0.15, -0.1) is 0 Å². The van der Waals surface area contributed by atoms with E-state index in [-0.39, 0.29) is 12.2 Å². The van der Waals surface area contributed by atoms with Crippen molar-refractivity contribution in [1.82, 2.24) is 0 Å². The monoisotopic (exact) mass is 228 g/mol.